The van der Waals surface area contributed by atoms with Gasteiger partial charge in [-0.25, -0.2) is 4.79 Å². The van der Waals surface area contributed by atoms with Gasteiger partial charge in [0.2, 0.25) is 0 Å². The van der Waals surface area contributed by atoms with Crippen LogP contribution in [-0.2, 0) is 0 Å². The highest BCUT2D eigenvalue weighted by molar-refractivity contribution is 7.20. The summed E-state index contributed by atoms with van der Waals surface area (Å²) in [6.07, 6.45) is 0. The van der Waals surface area contributed by atoms with E-state index in [9.17, 15) is 4.79 Å². The molecular formula is C9H7NO2S2. The molecule has 14 heavy (non-hydrogen) atoms. The van der Waals surface area contributed by atoms with Crippen LogP contribution in [0.15, 0.2) is 22.9 Å². The molecule has 0 aromatic carbocycles. The summed E-state index contributed by atoms with van der Waals surface area (Å²) in [4.78, 5) is 11.6. The van der Waals surface area contributed by atoms with E-state index < -0.39 is 5.97 Å². The van der Waals surface area contributed by atoms with Crippen molar-refractivity contribution in [2.45, 2.75) is 0 Å². The number of thiophene rings is 2. The molecule has 2 rings (SSSR count). The fourth-order valence-corrected chi connectivity index (χ4v) is 2.76. The molecule has 0 fully saturated rings. The van der Waals surface area contributed by atoms with E-state index in [4.69, 9.17) is 10.8 Å². The fourth-order valence-electron chi connectivity index (χ4n) is 1.12. The largest absolute Gasteiger partial charge is 0.478 e. The number of nitrogen functional groups attached to an aromatic ring is 1. The van der Waals surface area contributed by atoms with Gasteiger partial charge < -0.3 is 10.8 Å². The van der Waals surface area contributed by atoms with Crippen molar-refractivity contribution in [3.05, 3.63) is 28.5 Å². The van der Waals surface area contributed by atoms with Crippen LogP contribution < -0.4 is 5.73 Å². The number of carboxylic acid groups (broad SMARTS) is 1. The van der Waals surface area contributed by atoms with Crippen LogP contribution in [0.2, 0.25) is 0 Å². The second kappa shape index (κ2) is 3.43. The third-order valence-electron chi connectivity index (χ3n) is 1.80. The van der Waals surface area contributed by atoms with Crippen molar-refractivity contribution >= 4 is 33.6 Å². The van der Waals surface area contributed by atoms with Gasteiger partial charge in [-0.05, 0) is 22.9 Å². The number of carboxylic acids is 1. The zero-order chi connectivity index (χ0) is 10.1. The van der Waals surface area contributed by atoms with Crippen molar-refractivity contribution in [3.8, 4) is 10.4 Å². The van der Waals surface area contributed by atoms with Gasteiger partial charge in [-0.15, -0.1) is 11.3 Å². The molecule has 0 radical (unpaired) electrons. The number of anilines is 1. The Bertz CT molecular complexity index is 459. The maximum atomic E-state index is 10.7. The van der Waals surface area contributed by atoms with Crippen molar-refractivity contribution in [1.29, 1.82) is 0 Å². The van der Waals surface area contributed by atoms with Gasteiger partial charge in [0.15, 0.2) is 0 Å². The minimum absolute atomic E-state index is 0.191. The average Bonchev–Trinajstić information content (AvgIpc) is 2.70. The second-order valence-electron chi connectivity index (χ2n) is 2.71. The molecule has 0 saturated carbocycles. The molecule has 0 aliphatic heterocycles. The highest BCUT2D eigenvalue weighted by atomic mass is 32.1. The molecule has 0 saturated heterocycles. The van der Waals surface area contributed by atoms with Crippen LogP contribution in [0, 0.1) is 0 Å². The standard InChI is InChI=1S/C9H7NO2S2/c10-8-6(9(11)12)3-7(14-8)5-1-2-13-4-5/h1-4H,10H2,(H,11,12). The van der Waals surface area contributed by atoms with Crippen LogP contribution >= 0.6 is 22.7 Å². The van der Waals surface area contributed by atoms with Gasteiger partial charge >= 0.3 is 5.97 Å². The molecular weight excluding hydrogens is 218 g/mol. The molecule has 2 aromatic heterocycles. The van der Waals surface area contributed by atoms with E-state index >= 15 is 0 Å². The summed E-state index contributed by atoms with van der Waals surface area (Å²) in [5, 5.41) is 13.1. The molecule has 0 atom stereocenters. The van der Waals surface area contributed by atoms with Gasteiger partial charge in [0.1, 0.15) is 5.00 Å². The SMILES string of the molecule is Nc1sc(-c2ccsc2)cc1C(=O)O. The smallest absolute Gasteiger partial charge is 0.338 e. The topological polar surface area (TPSA) is 63.3 Å². The number of nitrogens with two attached hydrogens (primary N) is 1. The maximum absolute atomic E-state index is 10.7. The van der Waals surface area contributed by atoms with Crippen molar-refractivity contribution in [2.75, 3.05) is 5.73 Å². The van der Waals surface area contributed by atoms with E-state index in [1.807, 2.05) is 16.8 Å². The van der Waals surface area contributed by atoms with Crippen LogP contribution in [0.4, 0.5) is 5.00 Å². The molecule has 0 aliphatic rings. The molecule has 0 spiro atoms. The van der Waals surface area contributed by atoms with E-state index in [0.717, 1.165) is 10.4 Å². The molecule has 0 unspecified atom stereocenters. The molecule has 2 heterocycles. The summed E-state index contributed by atoms with van der Waals surface area (Å²) < 4.78 is 0. The predicted octanol–water partition coefficient (Wildman–Crippen LogP) is 2.76. The van der Waals surface area contributed by atoms with E-state index in [1.165, 1.54) is 11.3 Å². The lowest BCUT2D eigenvalue weighted by molar-refractivity contribution is 0.0698. The zero-order valence-corrected chi connectivity index (χ0v) is 8.69. The first-order valence-corrected chi connectivity index (χ1v) is 5.59. The minimum atomic E-state index is -0.972. The second-order valence-corrected chi connectivity index (χ2v) is 4.57. The lowest BCUT2D eigenvalue weighted by Gasteiger charge is -1.87. The van der Waals surface area contributed by atoms with E-state index in [0.29, 0.717) is 5.00 Å². The Morgan fingerprint density at radius 1 is 1.50 bits per heavy atom. The Kier molecular flexibility index (Phi) is 2.26. The highest BCUT2D eigenvalue weighted by Crippen LogP contribution is 2.34. The van der Waals surface area contributed by atoms with Crippen LogP contribution in [0.3, 0.4) is 0 Å². The molecule has 72 valence electrons. The maximum Gasteiger partial charge on any atom is 0.338 e. The Morgan fingerprint density at radius 3 is 2.79 bits per heavy atom. The monoisotopic (exact) mass is 225 g/mol. The first kappa shape index (κ1) is 9.23. The van der Waals surface area contributed by atoms with E-state index in [1.54, 1.807) is 17.4 Å². The van der Waals surface area contributed by atoms with Gasteiger partial charge in [0, 0.05) is 10.4 Å². The minimum Gasteiger partial charge on any atom is -0.478 e. The normalized spacial score (nSPS) is 10.3. The van der Waals surface area contributed by atoms with Crippen LogP contribution in [0.25, 0.3) is 10.4 Å². The molecule has 3 N–H and O–H groups in total. The van der Waals surface area contributed by atoms with E-state index in [-0.39, 0.29) is 5.56 Å². The van der Waals surface area contributed by atoms with Crippen molar-refractivity contribution in [3.63, 3.8) is 0 Å². The van der Waals surface area contributed by atoms with Crippen LogP contribution in [-0.4, -0.2) is 11.1 Å². The van der Waals surface area contributed by atoms with Gasteiger partial charge in [-0.1, -0.05) is 0 Å². The first-order chi connectivity index (χ1) is 6.68. The predicted molar refractivity (Wildman–Crippen MR) is 59.0 cm³/mol. The summed E-state index contributed by atoms with van der Waals surface area (Å²) in [5.41, 5.74) is 6.81. The lowest BCUT2D eigenvalue weighted by Crippen LogP contribution is -1.97. The number of aromatic carboxylic acids is 1. The Balaban J connectivity index is 2.48. The molecule has 5 heteroatoms. The molecule has 2 aromatic rings. The molecule has 0 bridgehead atoms. The summed E-state index contributed by atoms with van der Waals surface area (Å²) in [6, 6.07) is 3.56. The van der Waals surface area contributed by atoms with Crippen molar-refractivity contribution in [1.82, 2.24) is 0 Å². The first-order valence-electron chi connectivity index (χ1n) is 3.83. The molecule has 3 nitrogen and oxygen atoms in total. The fraction of sp³-hybridized carbons (Fsp3) is 0. The van der Waals surface area contributed by atoms with E-state index in [2.05, 4.69) is 0 Å². The Morgan fingerprint density at radius 2 is 2.29 bits per heavy atom. The third kappa shape index (κ3) is 1.51. The number of hydrogen-bond donors (Lipinski definition) is 2. The van der Waals surface area contributed by atoms with Crippen LogP contribution in [0.1, 0.15) is 10.4 Å². The number of hydrogen-bond acceptors (Lipinski definition) is 4. The number of rotatable bonds is 2. The Labute approximate surface area is 88.4 Å². The average molecular weight is 225 g/mol. The summed E-state index contributed by atoms with van der Waals surface area (Å²) >= 11 is 2.88. The Hall–Kier alpha value is -1.33. The quantitative estimate of drug-likeness (QED) is 0.826. The zero-order valence-electron chi connectivity index (χ0n) is 7.06. The van der Waals surface area contributed by atoms with Crippen molar-refractivity contribution in [2.24, 2.45) is 0 Å². The summed E-state index contributed by atoms with van der Waals surface area (Å²) in [7, 11) is 0. The van der Waals surface area contributed by atoms with Crippen molar-refractivity contribution < 1.29 is 9.90 Å². The van der Waals surface area contributed by atoms with Gasteiger partial charge in [-0.2, -0.15) is 11.3 Å². The highest BCUT2D eigenvalue weighted by Gasteiger charge is 2.13. The van der Waals surface area contributed by atoms with Gasteiger partial charge in [0.05, 0.1) is 5.56 Å². The molecule has 0 amide bonds. The van der Waals surface area contributed by atoms with Gasteiger partial charge in [0.25, 0.3) is 0 Å². The number of carbonyl (C=O) groups is 1. The van der Waals surface area contributed by atoms with Crippen LogP contribution in [0.5, 0.6) is 0 Å². The summed E-state index contributed by atoms with van der Waals surface area (Å²) in [5.74, 6) is -0.972. The van der Waals surface area contributed by atoms with Gasteiger partial charge in [-0.3, -0.25) is 0 Å². The lowest BCUT2D eigenvalue weighted by atomic mass is 10.2. The molecule has 0 aliphatic carbocycles. The third-order valence-corrected chi connectivity index (χ3v) is 3.49. The summed E-state index contributed by atoms with van der Waals surface area (Å²) in [6.45, 7) is 0.